The molecule has 170 valence electrons. The molecule has 3 atom stereocenters. The van der Waals surface area contributed by atoms with Gasteiger partial charge < -0.3 is 10.1 Å². The highest BCUT2D eigenvalue weighted by atomic mass is 19.4. The molecule has 3 rings (SSSR count). The molecular weight excluding hydrogens is 420 g/mol. The van der Waals surface area contributed by atoms with Crippen LogP contribution in [0, 0.1) is 0 Å². The van der Waals surface area contributed by atoms with Crippen molar-refractivity contribution in [3.8, 4) is 0 Å². The number of benzene rings is 2. The third-order valence-corrected chi connectivity index (χ3v) is 5.76. The van der Waals surface area contributed by atoms with Crippen LogP contribution in [0.15, 0.2) is 48.5 Å². The number of alkyl halides is 6. The van der Waals surface area contributed by atoms with Crippen molar-refractivity contribution in [3.05, 3.63) is 70.8 Å². The minimum absolute atomic E-state index is 0.0325. The van der Waals surface area contributed by atoms with Crippen LogP contribution in [0.3, 0.4) is 0 Å². The minimum atomic E-state index is -4.85. The van der Waals surface area contributed by atoms with E-state index in [1.54, 1.807) is 0 Å². The molecule has 0 heterocycles. The van der Waals surface area contributed by atoms with Gasteiger partial charge in [0.25, 0.3) is 0 Å². The standard InChI is InChI=1S/C23H25F6NO/c1-30-19-8-5-9-20(21(19)16-6-3-2-4-7-16)31-11-10-15-12-17(22(24,25)26)14-18(13-15)23(27,28)29/h2-4,6-7,12-14,19-21,30H,5,8-11H2,1H3/t19-,20-,21-/m0/s1. The number of rotatable bonds is 6. The Morgan fingerprint density at radius 1 is 0.903 bits per heavy atom. The molecular formula is C23H25F6NO. The van der Waals surface area contributed by atoms with Crippen LogP contribution in [-0.4, -0.2) is 25.8 Å². The van der Waals surface area contributed by atoms with E-state index >= 15 is 0 Å². The molecule has 1 N–H and O–H groups in total. The summed E-state index contributed by atoms with van der Waals surface area (Å²) >= 11 is 0. The molecule has 8 heteroatoms. The van der Waals surface area contributed by atoms with E-state index < -0.39 is 23.5 Å². The lowest BCUT2D eigenvalue weighted by Crippen LogP contribution is -2.43. The molecule has 1 saturated carbocycles. The van der Waals surface area contributed by atoms with E-state index in [2.05, 4.69) is 5.32 Å². The molecule has 2 aromatic carbocycles. The third-order valence-electron chi connectivity index (χ3n) is 5.76. The lowest BCUT2D eigenvalue weighted by molar-refractivity contribution is -0.143. The summed E-state index contributed by atoms with van der Waals surface area (Å²) in [4.78, 5) is 0. The van der Waals surface area contributed by atoms with Gasteiger partial charge in [0.1, 0.15) is 0 Å². The first-order valence-corrected chi connectivity index (χ1v) is 10.2. The Bertz CT molecular complexity index is 817. The van der Waals surface area contributed by atoms with Gasteiger partial charge in [-0.05, 0) is 62.1 Å². The lowest BCUT2D eigenvalue weighted by Gasteiger charge is -2.38. The maximum Gasteiger partial charge on any atom is 0.416 e. The number of hydrogen-bond acceptors (Lipinski definition) is 2. The van der Waals surface area contributed by atoms with E-state index in [-0.39, 0.29) is 42.7 Å². The Kier molecular flexibility index (Phi) is 7.31. The summed E-state index contributed by atoms with van der Waals surface area (Å²) in [5.41, 5.74) is -1.54. The first-order chi connectivity index (χ1) is 14.6. The molecule has 0 aliphatic heterocycles. The highest BCUT2D eigenvalue weighted by Crippen LogP contribution is 2.37. The summed E-state index contributed by atoms with van der Waals surface area (Å²) in [6.07, 6.45) is -7.21. The monoisotopic (exact) mass is 445 g/mol. The van der Waals surface area contributed by atoms with Crippen molar-refractivity contribution in [2.75, 3.05) is 13.7 Å². The second kappa shape index (κ2) is 9.61. The minimum Gasteiger partial charge on any atom is -0.377 e. The maximum absolute atomic E-state index is 13.1. The Morgan fingerprint density at radius 3 is 2.06 bits per heavy atom. The van der Waals surface area contributed by atoms with E-state index in [4.69, 9.17) is 4.74 Å². The van der Waals surface area contributed by atoms with Crippen molar-refractivity contribution >= 4 is 0 Å². The highest BCUT2D eigenvalue weighted by molar-refractivity contribution is 5.33. The maximum atomic E-state index is 13.1. The lowest BCUT2D eigenvalue weighted by atomic mass is 9.78. The predicted octanol–water partition coefficient (Wildman–Crippen LogP) is 6.21. The SMILES string of the molecule is CN[C@H]1CCC[C@H](OCCc2cc(C(F)(F)F)cc(C(F)(F)F)c2)[C@H]1c1ccccc1. The number of nitrogens with one attached hydrogen (secondary N) is 1. The van der Waals surface area contributed by atoms with Crippen LogP contribution < -0.4 is 5.32 Å². The third kappa shape index (κ3) is 6.01. The van der Waals surface area contributed by atoms with Gasteiger partial charge in [0.15, 0.2) is 0 Å². The topological polar surface area (TPSA) is 21.3 Å². The van der Waals surface area contributed by atoms with Crippen molar-refractivity contribution in [1.29, 1.82) is 0 Å². The fourth-order valence-electron chi connectivity index (χ4n) is 4.28. The van der Waals surface area contributed by atoms with Crippen LogP contribution in [0.1, 0.15) is 47.4 Å². The van der Waals surface area contributed by atoms with Gasteiger partial charge in [0, 0.05) is 12.0 Å². The predicted molar refractivity (Wildman–Crippen MR) is 106 cm³/mol. The van der Waals surface area contributed by atoms with E-state index in [0.29, 0.717) is 0 Å². The average Bonchev–Trinajstić information content (AvgIpc) is 2.72. The summed E-state index contributed by atoms with van der Waals surface area (Å²) in [5.74, 6) is 0.0622. The van der Waals surface area contributed by atoms with Gasteiger partial charge in [-0.15, -0.1) is 0 Å². The van der Waals surface area contributed by atoms with Crippen molar-refractivity contribution < 1.29 is 31.1 Å². The molecule has 2 nitrogen and oxygen atoms in total. The zero-order chi connectivity index (χ0) is 22.6. The van der Waals surface area contributed by atoms with Gasteiger partial charge in [0.2, 0.25) is 0 Å². The van der Waals surface area contributed by atoms with E-state index in [9.17, 15) is 26.3 Å². The quantitative estimate of drug-likeness (QED) is 0.534. The van der Waals surface area contributed by atoms with Crippen LogP contribution in [0.2, 0.25) is 0 Å². The molecule has 0 aromatic heterocycles. The molecule has 1 aliphatic carbocycles. The molecule has 0 bridgehead atoms. The van der Waals surface area contributed by atoms with Gasteiger partial charge >= 0.3 is 12.4 Å². The summed E-state index contributed by atoms with van der Waals surface area (Å²) in [6, 6.07) is 11.7. The van der Waals surface area contributed by atoms with Crippen molar-refractivity contribution in [2.24, 2.45) is 0 Å². The number of halogens is 6. The summed E-state index contributed by atoms with van der Waals surface area (Å²) in [7, 11) is 1.88. The molecule has 0 spiro atoms. The smallest absolute Gasteiger partial charge is 0.377 e. The summed E-state index contributed by atoms with van der Waals surface area (Å²) in [5, 5.41) is 3.31. The second-order valence-corrected chi connectivity index (χ2v) is 7.84. The molecule has 1 aliphatic rings. The Labute approximate surface area is 177 Å². The summed E-state index contributed by atoms with van der Waals surface area (Å²) < 4.78 is 84.4. The van der Waals surface area contributed by atoms with Crippen LogP contribution >= 0.6 is 0 Å². The van der Waals surface area contributed by atoms with Crippen LogP contribution in [0.5, 0.6) is 0 Å². The van der Waals surface area contributed by atoms with Gasteiger partial charge in [-0.3, -0.25) is 0 Å². The van der Waals surface area contributed by atoms with Gasteiger partial charge in [-0.1, -0.05) is 30.3 Å². The molecule has 0 saturated heterocycles. The number of likely N-dealkylation sites (N-methyl/N-ethyl adjacent to an activating group) is 1. The van der Waals surface area contributed by atoms with Crippen LogP contribution in [-0.2, 0) is 23.5 Å². The molecule has 0 amide bonds. The largest absolute Gasteiger partial charge is 0.416 e. The molecule has 31 heavy (non-hydrogen) atoms. The summed E-state index contributed by atoms with van der Waals surface area (Å²) in [6.45, 7) is 0.0447. The average molecular weight is 445 g/mol. The van der Waals surface area contributed by atoms with Crippen LogP contribution in [0.4, 0.5) is 26.3 Å². The van der Waals surface area contributed by atoms with Crippen molar-refractivity contribution in [1.82, 2.24) is 5.32 Å². The van der Waals surface area contributed by atoms with E-state index in [1.807, 2.05) is 37.4 Å². The van der Waals surface area contributed by atoms with Crippen LogP contribution in [0.25, 0.3) is 0 Å². The Balaban J connectivity index is 1.75. The van der Waals surface area contributed by atoms with Gasteiger partial charge in [0.05, 0.1) is 23.8 Å². The fourth-order valence-corrected chi connectivity index (χ4v) is 4.28. The molecule has 1 fully saturated rings. The molecule has 0 radical (unpaired) electrons. The molecule has 0 unspecified atom stereocenters. The first-order valence-electron chi connectivity index (χ1n) is 10.2. The fraction of sp³-hybridized carbons (Fsp3) is 0.478. The Morgan fingerprint density at radius 2 is 1.52 bits per heavy atom. The van der Waals surface area contributed by atoms with Crippen molar-refractivity contribution in [3.63, 3.8) is 0 Å². The van der Waals surface area contributed by atoms with Gasteiger partial charge in [-0.2, -0.15) is 26.3 Å². The zero-order valence-corrected chi connectivity index (χ0v) is 17.1. The second-order valence-electron chi connectivity index (χ2n) is 7.84. The zero-order valence-electron chi connectivity index (χ0n) is 17.1. The Hall–Kier alpha value is -2.06. The van der Waals surface area contributed by atoms with Crippen molar-refractivity contribution in [2.45, 2.75) is 56.1 Å². The molecule has 2 aromatic rings. The number of ether oxygens (including phenoxy) is 1. The van der Waals surface area contributed by atoms with E-state index in [0.717, 1.165) is 37.0 Å². The number of hydrogen-bond donors (Lipinski definition) is 1. The highest BCUT2D eigenvalue weighted by Gasteiger charge is 2.37. The normalized spacial score (nSPS) is 22.5. The van der Waals surface area contributed by atoms with Gasteiger partial charge in [-0.25, -0.2) is 0 Å². The van der Waals surface area contributed by atoms with E-state index in [1.165, 1.54) is 0 Å². The first kappa shape index (κ1) is 23.6.